The summed E-state index contributed by atoms with van der Waals surface area (Å²) in [4.78, 5) is 38.0. The van der Waals surface area contributed by atoms with Gasteiger partial charge in [0.25, 0.3) is 5.91 Å². The minimum atomic E-state index is -0.649. The lowest BCUT2D eigenvalue weighted by molar-refractivity contribution is -0.151. The summed E-state index contributed by atoms with van der Waals surface area (Å²) in [5, 5.41) is 6.09. The lowest BCUT2D eigenvalue weighted by Crippen LogP contribution is -2.28. The molecule has 9 heteroatoms. The Balaban J connectivity index is 1.56. The van der Waals surface area contributed by atoms with E-state index in [9.17, 15) is 14.4 Å². The number of esters is 1. The van der Waals surface area contributed by atoms with Crippen molar-refractivity contribution in [2.75, 3.05) is 30.0 Å². The van der Waals surface area contributed by atoms with Gasteiger partial charge in [-0.15, -0.1) is 0 Å². The number of anilines is 2. The summed E-state index contributed by atoms with van der Waals surface area (Å²) in [6.07, 6.45) is 0.0173. The molecule has 1 N–H and O–H groups in total. The first kappa shape index (κ1) is 19.4. The Hall–Kier alpha value is -3.36. The third kappa shape index (κ3) is 4.48. The molecule has 3 rings (SSSR count). The van der Waals surface area contributed by atoms with Crippen LogP contribution in [0.3, 0.4) is 0 Å². The molecule has 1 fully saturated rings. The van der Waals surface area contributed by atoms with Gasteiger partial charge in [0.1, 0.15) is 11.5 Å². The zero-order chi connectivity index (χ0) is 20.1. The highest BCUT2D eigenvalue weighted by molar-refractivity contribution is 6.01. The van der Waals surface area contributed by atoms with Crippen molar-refractivity contribution in [3.05, 3.63) is 36.1 Å². The predicted octanol–water partition coefficient (Wildman–Crippen LogP) is 1.92. The van der Waals surface area contributed by atoms with Crippen molar-refractivity contribution in [3.8, 4) is 5.75 Å². The summed E-state index contributed by atoms with van der Waals surface area (Å²) in [6.45, 7) is 3.71. The number of para-hydroxylation sites is 2. The third-order valence-electron chi connectivity index (χ3n) is 4.16. The molecule has 1 aromatic heterocycles. The molecule has 0 spiro atoms. The first-order chi connectivity index (χ1) is 13.5. The molecule has 1 saturated heterocycles. The van der Waals surface area contributed by atoms with Crippen LogP contribution >= 0.6 is 0 Å². The van der Waals surface area contributed by atoms with Crippen LogP contribution in [0, 0.1) is 12.8 Å². The Morgan fingerprint density at radius 1 is 1.36 bits per heavy atom. The van der Waals surface area contributed by atoms with Crippen LogP contribution in [-0.2, 0) is 19.1 Å². The van der Waals surface area contributed by atoms with E-state index in [4.69, 9.17) is 14.0 Å². The first-order valence-electron chi connectivity index (χ1n) is 8.90. The van der Waals surface area contributed by atoms with Crippen LogP contribution < -0.4 is 15.0 Å². The lowest BCUT2D eigenvalue weighted by Gasteiger charge is -2.19. The summed E-state index contributed by atoms with van der Waals surface area (Å²) in [5.41, 5.74) is 0.615. The molecule has 9 nitrogen and oxygen atoms in total. The van der Waals surface area contributed by atoms with Crippen LogP contribution in [0.25, 0.3) is 0 Å². The third-order valence-corrected chi connectivity index (χ3v) is 4.16. The molecule has 0 radical (unpaired) electrons. The Labute approximate surface area is 161 Å². The number of hydrogen-bond acceptors (Lipinski definition) is 7. The standard InChI is InChI=1S/C19H21N3O6/c1-3-26-15-7-5-4-6-14(15)22-10-13(9-18(22)24)19(25)27-11-17(23)20-16-8-12(2)28-21-16/h4-8,13H,3,9-11H2,1-2H3,(H,20,21,23)/t13-/m0/s1. The molecular formula is C19H21N3O6. The fourth-order valence-electron chi connectivity index (χ4n) is 2.91. The number of aryl methyl sites for hydroxylation is 1. The zero-order valence-corrected chi connectivity index (χ0v) is 15.6. The monoisotopic (exact) mass is 387 g/mol. The fraction of sp³-hybridized carbons (Fsp3) is 0.368. The molecule has 0 saturated carbocycles. The minimum Gasteiger partial charge on any atom is -0.492 e. The van der Waals surface area contributed by atoms with Crippen LogP contribution in [0.4, 0.5) is 11.5 Å². The fourth-order valence-corrected chi connectivity index (χ4v) is 2.91. The molecule has 2 aromatic rings. The maximum Gasteiger partial charge on any atom is 0.311 e. The van der Waals surface area contributed by atoms with Crippen molar-refractivity contribution < 1.29 is 28.4 Å². The molecule has 1 aromatic carbocycles. The van der Waals surface area contributed by atoms with E-state index < -0.39 is 24.4 Å². The van der Waals surface area contributed by atoms with Crippen LogP contribution in [0.2, 0.25) is 0 Å². The zero-order valence-electron chi connectivity index (χ0n) is 15.6. The number of nitrogens with zero attached hydrogens (tertiary/aromatic N) is 2. The molecule has 0 unspecified atom stereocenters. The molecule has 148 valence electrons. The summed E-state index contributed by atoms with van der Waals surface area (Å²) in [7, 11) is 0. The number of carbonyl (C=O) groups is 3. The Bertz CT molecular complexity index is 878. The largest absolute Gasteiger partial charge is 0.492 e. The van der Waals surface area contributed by atoms with Crippen molar-refractivity contribution in [3.63, 3.8) is 0 Å². The van der Waals surface area contributed by atoms with E-state index in [2.05, 4.69) is 10.5 Å². The second-order valence-corrected chi connectivity index (χ2v) is 6.28. The second kappa shape index (κ2) is 8.55. The number of nitrogens with one attached hydrogen (secondary N) is 1. The predicted molar refractivity (Wildman–Crippen MR) is 98.9 cm³/mol. The molecule has 0 bridgehead atoms. The number of benzene rings is 1. The number of hydrogen-bond donors (Lipinski definition) is 1. The lowest BCUT2D eigenvalue weighted by atomic mass is 10.1. The van der Waals surface area contributed by atoms with Gasteiger partial charge in [-0.1, -0.05) is 17.3 Å². The maximum atomic E-state index is 12.4. The van der Waals surface area contributed by atoms with E-state index >= 15 is 0 Å². The van der Waals surface area contributed by atoms with E-state index in [1.807, 2.05) is 13.0 Å². The van der Waals surface area contributed by atoms with Crippen LogP contribution in [0.1, 0.15) is 19.1 Å². The van der Waals surface area contributed by atoms with E-state index in [1.165, 1.54) is 4.90 Å². The average Bonchev–Trinajstić information content (AvgIpc) is 3.26. The van der Waals surface area contributed by atoms with Crippen molar-refractivity contribution in [2.45, 2.75) is 20.3 Å². The van der Waals surface area contributed by atoms with E-state index in [0.29, 0.717) is 23.8 Å². The van der Waals surface area contributed by atoms with Gasteiger partial charge in [0.15, 0.2) is 12.4 Å². The van der Waals surface area contributed by atoms with Gasteiger partial charge < -0.3 is 24.2 Å². The smallest absolute Gasteiger partial charge is 0.311 e. The van der Waals surface area contributed by atoms with Gasteiger partial charge in [0.2, 0.25) is 5.91 Å². The van der Waals surface area contributed by atoms with E-state index in [0.717, 1.165) is 0 Å². The summed E-state index contributed by atoms with van der Waals surface area (Å²) >= 11 is 0. The van der Waals surface area contributed by atoms with Gasteiger partial charge in [0, 0.05) is 19.0 Å². The highest BCUT2D eigenvalue weighted by atomic mass is 16.5. The van der Waals surface area contributed by atoms with E-state index in [1.54, 1.807) is 31.2 Å². The SMILES string of the molecule is CCOc1ccccc1N1C[C@@H](C(=O)OCC(=O)Nc2cc(C)on2)CC1=O. The maximum absolute atomic E-state index is 12.4. The summed E-state index contributed by atoms with van der Waals surface area (Å²) in [5.74, 6) is -0.617. The van der Waals surface area contributed by atoms with Gasteiger partial charge in [-0.2, -0.15) is 0 Å². The molecule has 1 atom stereocenters. The topological polar surface area (TPSA) is 111 Å². The summed E-state index contributed by atoms with van der Waals surface area (Å²) in [6, 6.07) is 8.70. The first-order valence-corrected chi connectivity index (χ1v) is 8.90. The number of aromatic nitrogens is 1. The normalized spacial score (nSPS) is 16.1. The molecule has 1 aliphatic heterocycles. The van der Waals surface area contributed by atoms with Gasteiger partial charge in [-0.25, -0.2) is 0 Å². The van der Waals surface area contributed by atoms with Crippen LogP contribution in [-0.4, -0.2) is 42.7 Å². The quantitative estimate of drug-likeness (QED) is 0.723. The number of rotatable bonds is 7. The van der Waals surface area contributed by atoms with Gasteiger partial charge in [-0.3, -0.25) is 14.4 Å². The molecule has 1 aliphatic rings. The highest BCUT2D eigenvalue weighted by Gasteiger charge is 2.37. The minimum absolute atomic E-state index is 0.0173. The van der Waals surface area contributed by atoms with Crippen LogP contribution in [0.15, 0.2) is 34.9 Å². The van der Waals surface area contributed by atoms with Gasteiger partial charge >= 0.3 is 5.97 Å². The molecular weight excluding hydrogens is 366 g/mol. The van der Waals surface area contributed by atoms with Crippen molar-refractivity contribution in [2.24, 2.45) is 5.92 Å². The Kier molecular flexibility index (Phi) is 5.93. The average molecular weight is 387 g/mol. The number of carbonyl (C=O) groups excluding carboxylic acids is 3. The number of ether oxygens (including phenoxy) is 2. The van der Waals surface area contributed by atoms with Crippen molar-refractivity contribution in [1.82, 2.24) is 5.16 Å². The second-order valence-electron chi connectivity index (χ2n) is 6.28. The molecule has 2 amide bonds. The molecule has 0 aliphatic carbocycles. The van der Waals surface area contributed by atoms with Gasteiger partial charge in [-0.05, 0) is 26.0 Å². The van der Waals surface area contributed by atoms with Crippen LogP contribution in [0.5, 0.6) is 5.75 Å². The molecule has 2 heterocycles. The van der Waals surface area contributed by atoms with E-state index in [-0.39, 0.29) is 24.7 Å². The Morgan fingerprint density at radius 2 is 2.14 bits per heavy atom. The Morgan fingerprint density at radius 3 is 2.86 bits per heavy atom. The van der Waals surface area contributed by atoms with Crippen molar-refractivity contribution >= 4 is 29.3 Å². The molecule has 28 heavy (non-hydrogen) atoms. The highest BCUT2D eigenvalue weighted by Crippen LogP contribution is 2.33. The van der Waals surface area contributed by atoms with Gasteiger partial charge in [0.05, 0.1) is 18.2 Å². The van der Waals surface area contributed by atoms with Crippen molar-refractivity contribution in [1.29, 1.82) is 0 Å². The number of amides is 2. The summed E-state index contributed by atoms with van der Waals surface area (Å²) < 4.78 is 15.5.